The van der Waals surface area contributed by atoms with Gasteiger partial charge in [0.2, 0.25) is 0 Å². The third kappa shape index (κ3) is 2.81. The lowest BCUT2D eigenvalue weighted by molar-refractivity contribution is 0.282. The van der Waals surface area contributed by atoms with Crippen LogP contribution in [0.15, 0.2) is 54.6 Å². The van der Waals surface area contributed by atoms with Gasteiger partial charge >= 0.3 is 0 Å². The summed E-state index contributed by atoms with van der Waals surface area (Å²) in [6.07, 6.45) is 4.12. The molecule has 0 fully saturated rings. The number of benzene rings is 2. The van der Waals surface area contributed by atoms with Crippen molar-refractivity contribution >= 4 is 12.2 Å². The number of hydrogen-bond acceptors (Lipinski definition) is 1. The quantitative estimate of drug-likeness (QED) is 0.770. The zero-order valence-electron chi connectivity index (χ0n) is 9.01. The van der Waals surface area contributed by atoms with Crippen LogP contribution in [0, 0.1) is 0 Å². The molecule has 0 unspecified atom stereocenters. The van der Waals surface area contributed by atoms with E-state index in [1.165, 1.54) is 5.56 Å². The summed E-state index contributed by atoms with van der Waals surface area (Å²) < 4.78 is 0. The second kappa shape index (κ2) is 5.29. The smallest absolute Gasteiger partial charge is 0.0682 e. The fourth-order valence-electron chi connectivity index (χ4n) is 1.55. The highest BCUT2D eigenvalue weighted by Gasteiger charge is 1.91. The Bertz CT molecular complexity index is 472. The Hall–Kier alpha value is -1.86. The lowest BCUT2D eigenvalue weighted by Crippen LogP contribution is -1.82. The second-order valence-corrected chi connectivity index (χ2v) is 3.65. The van der Waals surface area contributed by atoms with Crippen molar-refractivity contribution in [3.8, 4) is 0 Å². The van der Waals surface area contributed by atoms with Crippen molar-refractivity contribution in [1.29, 1.82) is 0 Å². The van der Waals surface area contributed by atoms with Crippen LogP contribution in [0.1, 0.15) is 16.7 Å². The maximum atomic E-state index is 9.02. The number of aliphatic hydroxyl groups is 1. The summed E-state index contributed by atoms with van der Waals surface area (Å²) in [4.78, 5) is 0. The number of rotatable bonds is 3. The van der Waals surface area contributed by atoms with Gasteiger partial charge in [-0.05, 0) is 22.8 Å². The predicted molar refractivity (Wildman–Crippen MR) is 67.7 cm³/mol. The molecule has 0 amide bonds. The average molecular weight is 210 g/mol. The molecule has 0 spiro atoms. The monoisotopic (exact) mass is 210 g/mol. The van der Waals surface area contributed by atoms with Gasteiger partial charge in [-0.25, -0.2) is 0 Å². The molecule has 16 heavy (non-hydrogen) atoms. The highest BCUT2D eigenvalue weighted by Crippen LogP contribution is 2.10. The first-order valence-electron chi connectivity index (χ1n) is 5.31. The molecule has 2 rings (SSSR count). The fraction of sp³-hybridized carbons (Fsp3) is 0.0667. The van der Waals surface area contributed by atoms with Crippen LogP contribution in [0.5, 0.6) is 0 Å². The molecule has 0 atom stereocenters. The molecule has 0 aliphatic heterocycles. The van der Waals surface area contributed by atoms with Gasteiger partial charge in [-0.3, -0.25) is 0 Å². The summed E-state index contributed by atoms with van der Waals surface area (Å²) in [5, 5.41) is 9.02. The van der Waals surface area contributed by atoms with E-state index in [9.17, 15) is 0 Å². The largest absolute Gasteiger partial charge is 0.392 e. The van der Waals surface area contributed by atoms with Gasteiger partial charge in [0, 0.05) is 0 Å². The molecule has 0 aliphatic carbocycles. The van der Waals surface area contributed by atoms with Gasteiger partial charge in [-0.15, -0.1) is 0 Å². The van der Waals surface area contributed by atoms with Crippen molar-refractivity contribution in [3.05, 3.63) is 71.3 Å². The normalized spacial score (nSPS) is 10.8. The van der Waals surface area contributed by atoms with Gasteiger partial charge in [0.05, 0.1) is 6.61 Å². The lowest BCUT2D eigenvalue weighted by atomic mass is 10.1. The Morgan fingerprint density at radius 1 is 0.812 bits per heavy atom. The van der Waals surface area contributed by atoms with E-state index in [-0.39, 0.29) is 6.61 Å². The van der Waals surface area contributed by atoms with Crippen molar-refractivity contribution in [2.45, 2.75) is 6.61 Å². The van der Waals surface area contributed by atoms with Crippen molar-refractivity contribution < 1.29 is 5.11 Å². The predicted octanol–water partition coefficient (Wildman–Crippen LogP) is 3.35. The van der Waals surface area contributed by atoms with Crippen molar-refractivity contribution in [2.75, 3.05) is 0 Å². The van der Waals surface area contributed by atoms with E-state index in [4.69, 9.17) is 5.11 Å². The highest BCUT2D eigenvalue weighted by atomic mass is 16.3. The van der Waals surface area contributed by atoms with Gasteiger partial charge in [-0.2, -0.15) is 0 Å². The van der Waals surface area contributed by atoms with E-state index in [1.807, 2.05) is 42.5 Å². The summed E-state index contributed by atoms with van der Waals surface area (Å²) in [5.74, 6) is 0. The summed E-state index contributed by atoms with van der Waals surface area (Å²) in [6.45, 7) is 0.0903. The molecule has 0 aliphatic rings. The van der Waals surface area contributed by atoms with Crippen LogP contribution >= 0.6 is 0 Å². The minimum Gasteiger partial charge on any atom is -0.392 e. The first kappa shape index (κ1) is 10.7. The van der Waals surface area contributed by atoms with E-state index in [0.717, 1.165) is 11.1 Å². The molecule has 1 N–H and O–H groups in total. The summed E-state index contributed by atoms with van der Waals surface area (Å²) in [7, 11) is 0. The first-order chi connectivity index (χ1) is 7.88. The molecule has 2 aromatic rings. The molecular formula is C15H14O. The Morgan fingerprint density at radius 2 is 1.50 bits per heavy atom. The van der Waals surface area contributed by atoms with Crippen LogP contribution in [0.3, 0.4) is 0 Å². The third-order valence-electron chi connectivity index (χ3n) is 2.40. The Kier molecular flexibility index (Phi) is 3.52. The van der Waals surface area contributed by atoms with Gasteiger partial charge in [-0.1, -0.05) is 60.7 Å². The van der Waals surface area contributed by atoms with Crippen LogP contribution < -0.4 is 0 Å². The maximum Gasteiger partial charge on any atom is 0.0682 e. The molecule has 0 saturated heterocycles. The van der Waals surface area contributed by atoms with Gasteiger partial charge < -0.3 is 5.11 Å². The molecule has 0 heterocycles. The second-order valence-electron chi connectivity index (χ2n) is 3.65. The van der Waals surface area contributed by atoms with Gasteiger partial charge in [0.15, 0.2) is 0 Å². The van der Waals surface area contributed by atoms with Crippen molar-refractivity contribution in [2.24, 2.45) is 0 Å². The standard InChI is InChI=1S/C15H14O/c16-12-15-8-4-7-14(11-15)10-9-13-5-2-1-3-6-13/h1-11,16H,12H2/b10-9-. The molecule has 1 nitrogen and oxygen atoms in total. The van der Waals surface area contributed by atoms with Crippen LogP contribution in [0.2, 0.25) is 0 Å². The van der Waals surface area contributed by atoms with Gasteiger partial charge in [0.25, 0.3) is 0 Å². The third-order valence-corrected chi connectivity index (χ3v) is 2.40. The average Bonchev–Trinajstić information content (AvgIpc) is 2.38. The summed E-state index contributed by atoms with van der Waals surface area (Å²) >= 11 is 0. The highest BCUT2D eigenvalue weighted by molar-refractivity contribution is 5.69. The molecule has 0 radical (unpaired) electrons. The number of aliphatic hydroxyl groups excluding tert-OH is 1. The van der Waals surface area contributed by atoms with E-state index in [1.54, 1.807) is 0 Å². The molecule has 80 valence electrons. The summed E-state index contributed by atoms with van der Waals surface area (Å²) in [6, 6.07) is 18.0. The van der Waals surface area contributed by atoms with Gasteiger partial charge in [0.1, 0.15) is 0 Å². The fourth-order valence-corrected chi connectivity index (χ4v) is 1.55. The SMILES string of the molecule is OCc1cccc(/C=C\c2ccccc2)c1. The Balaban J connectivity index is 2.17. The van der Waals surface area contributed by atoms with Crippen LogP contribution in [-0.2, 0) is 6.61 Å². The minimum absolute atomic E-state index is 0.0903. The molecule has 0 aromatic heterocycles. The maximum absolute atomic E-state index is 9.02. The van der Waals surface area contributed by atoms with Crippen LogP contribution in [0.4, 0.5) is 0 Å². The van der Waals surface area contributed by atoms with E-state index >= 15 is 0 Å². The summed E-state index contributed by atoms with van der Waals surface area (Å²) in [5.41, 5.74) is 3.22. The van der Waals surface area contributed by atoms with Crippen LogP contribution in [0.25, 0.3) is 12.2 Å². The number of hydrogen-bond donors (Lipinski definition) is 1. The van der Waals surface area contributed by atoms with Crippen LogP contribution in [-0.4, -0.2) is 5.11 Å². The zero-order valence-corrected chi connectivity index (χ0v) is 9.01. The van der Waals surface area contributed by atoms with Crippen molar-refractivity contribution in [1.82, 2.24) is 0 Å². The first-order valence-corrected chi connectivity index (χ1v) is 5.31. The molecule has 1 heteroatoms. The molecule has 0 saturated carbocycles. The molecule has 2 aromatic carbocycles. The van der Waals surface area contributed by atoms with E-state index < -0.39 is 0 Å². The lowest BCUT2D eigenvalue weighted by Gasteiger charge is -1.98. The Labute approximate surface area is 95.7 Å². The minimum atomic E-state index is 0.0903. The zero-order chi connectivity index (χ0) is 11.2. The van der Waals surface area contributed by atoms with E-state index in [0.29, 0.717) is 0 Å². The molecular weight excluding hydrogens is 196 g/mol. The van der Waals surface area contributed by atoms with E-state index in [2.05, 4.69) is 24.3 Å². The molecule has 0 bridgehead atoms. The van der Waals surface area contributed by atoms with Crippen molar-refractivity contribution in [3.63, 3.8) is 0 Å². The Morgan fingerprint density at radius 3 is 2.25 bits per heavy atom. The topological polar surface area (TPSA) is 20.2 Å².